The van der Waals surface area contributed by atoms with E-state index in [1.165, 1.54) is 6.92 Å². The van der Waals surface area contributed by atoms with Crippen molar-refractivity contribution in [2.75, 3.05) is 0 Å². The molecule has 1 aromatic carbocycles. The highest BCUT2D eigenvalue weighted by Gasteiger charge is 2.16. The van der Waals surface area contributed by atoms with Crippen LogP contribution in [-0.4, -0.2) is 38.0 Å². The van der Waals surface area contributed by atoms with Crippen molar-refractivity contribution in [2.24, 2.45) is 7.05 Å². The SMILES string of the molecule is C[C@H](NC(=O)c1ccc2c(c1)nnn2C)C(=O)O. The van der Waals surface area contributed by atoms with E-state index in [1.54, 1.807) is 29.9 Å². The number of nitrogens with one attached hydrogen (secondary N) is 1. The van der Waals surface area contributed by atoms with Crippen molar-refractivity contribution in [2.45, 2.75) is 13.0 Å². The third kappa shape index (κ3) is 2.15. The predicted octanol–water partition coefficient (Wildman–Crippen LogP) is 0.171. The van der Waals surface area contributed by atoms with Gasteiger partial charge in [-0.3, -0.25) is 9.59 Å². The summed E-state index contributed by atoms with van der Waals surface area (Å²) in [5, 5.41) is 18.8. The first-order valence-electron chi connectivity index (χ1n) is 5.32. The molecule has 0 spiro atoms. The molecule has 0 bridgehead atoms. The van der Waals surface area contributed by atoms with E-state index in [-0.39, 0.29) is 0 Å². The minimum absolute atomic E-state index is 0.357. The van der Waals surface area contributed by atoms with Crippen LogP contribution in [0.5, 0.6) is 0 Å². The number of aromatic nitrogens is 3. The van der Waals surface area contributed by atoms with E-state index in [4.69, 9.17) is 5.11 Å². The molecule has 1 heterocycles. The van der Waals surface area contributed by atoms with E-state index in [0.29, 0.717) is 11.1 Å². The molecule has 0 aliphatic carbocycles. The van der Waals surface area contributed by atoms with Gasteiger partial charge in [-0.15, -0.1) is 5.10 Å². The molecule has 0 saturated carbocycles. The summed E-state index contributed by atoms with van der Waals surface area (Å²) in [7, 11) is 1.75. The van der Waals surface area contributed by atoms with Crippen LogP contribution in [0.3, 0.4) is 0 Å². The van der Waals surface area contributed by atoms with Gasteiger partial charge in [0.1, 0.15) is 11.6 Å². The maximum Gasteiger partial charge on any atom is 0.325 e. The Morgan fingerprint density at radius 3 is 2.83 bits per heavy atom. The third-order valence-corrected chi connectivity index (χ3v) is 2.59. The standard InChI is InChI=1S/C11H12N4O3/c1-6(11(17)18)12-10(16)7-3-4-9-8(5-7)13-14-15(9)2/h3-6H,1-2H3,(H,12,16)(H,17,18)/t6-/m0/s1. The maximum atomic E-state index is 11.8. The molecular formula is C11H12N4O3. The Balaban J connectivity index is 2.25. The van der Waals surface area contributed by atoms with Crippen LogP contribution < -0.4 is 5.32 Å². The molecule has 2 aromatic rings. The number of aliphatic carboxylic acids is 1. The van der Waals surface area contributed by atoms with E-state index in [9.17, 15) is 9.59 Å². The first-order valence-corrected chi connectivity index (χ1v) is 5.32. The van der Waals surface area contributed by atoms with Crippen LogP contribution >= 0.6 is 0 Å². The fourth-order valence-electron chi connectivity index (χ4n) is 1.52. The van der Waals surface area contributed by atoms with Gasteiger partial charge in [0.05, 0.1) is 5.52 Å². The predicted molar refractivity (Wildman–Crippen MR) is 63.1 cm³/mol. The summed E-state index contributed by atoms with van der Waals surface area (Å²) in [5.41, 5.74) is 1.75. The topological polar surface area (TPSA) is 97.1 Å². The molecule has 94 valence electrons. The minimum atomic E-state index is -1.08. The Kier molecular flexibility index (Phi) is 2.97. The van der Waals surface area contributed by atoms with Crippen molar-refractivity contribution in [3.63, 3.8) is 0 Å². The lowest BCUT2D eigenvalue weighted by Crippen LogP contribution is -2.38. The van der Waals surface area contributed by atoms with Crippen molar-refractivity contribution < 1.29 is 14.7 Å². The molecule has 2 N–H and O–H groups in total. The van der Waals surface area contributed by atoms with Crippen molar-refractivity contribution in [3.8, 4) is 0 Å². The molecule has 7 heteroatoms. The number of aryl methyl sites for hydroxylation is 1. The van der Waals surface area contributed by atoms with Gasteiger partial charge in [0.2, 0.25) is 0 Å². The van der Waals surface area contributed by atoms with E-state index < -0.39 is 17.9 Å². The van der Waals surface area contributed by atoms with Gasteiger partial charge in [0.15, 0.2) is 0 Å². The first-order chi connectivity index (χ1) is 8.49. The maximum absolute atomic E-state index is 11.8. The second kappa shape index (κ2) is 4.44. The Morgan fingerprint density at radius 1 is 1.44 bits per heavy atom. The van der Waals surface area contributed by atoms with Crippen molar-refractivity contribution in [3.05, 3.63) is 23.8 Å². The molecular weight excluding hydrogens is 236 g/mol. The fraction of sp³-hybridized carbons (Fsp3) is 0.273. The Morgan fingerprint density at radius 2 is 2.17 bits per heavy atom. The van der Waals surface area contributed by atoms with Gasteiger partial charge in [0, 0.05) is 12.6 Å². The summed E-state index contributed by atoms with van der Waals surface area (Å²) in [5.74, 6) is -1.53. The van der Waals surface area contributed by atoms with Crippen LogP contribution in [0.1, 0.15) is 17.3 Å². The third-order valence-electron chi connectivity index (χ3n) is 2.59. The molecule has 0 aliphatic heterocycles. The number of hydrogen-bond acceptors (Lipinski definition) is 4. The number of amides is 1. The van der Waals surface area contributed by atoms with Crippen LogP contribution in [0.2, 0.25) is 0 Å². The fourth-order valence-corrected chi connectivity index (χ4v) is 1.52. The van der Waals surface area contributed by atoms with Gasteiger partial charge >= 0.3 is 5.97 Å². The minimum Gasteiger partial charge on any atom is -0.480 e. The number of carbonyl (C=O) groups excluding carboxylic acids is 1. The summed E-state index contributed by atoms with van der Waals surface area (Å²) in [6.07, 6.45) is 0. The molecule has 1 atom stereocenters. The van der Waals surface area contributed by atoms with Gasteiger partial charge in [-0.2, -0.15) is 0 Å². The van der Waals surface area contributed by atoms with Crippen molar-refractivity contribution in [1.29, 1.82) is 0 Å². The molecule has 0 aliphatic rings. The van der Waals surface area contributed by atoms with Gasteiger partial charge in [-0.05, 0) is 25.1 Å². The molecule has 1 amide bonds. The summed E-state index contributed by atoms with van der Waals surface area (Å²) < 4.78 is 1.59. The zero-order valence-corrected chi connectivity index (χ0v) is 9.91. The highest BCUT2D eigenvalue weighted by Crippen LogP contribution is 2.12. The largest absolute Gasteiger partial charge is 0.480 e. The molecule has 0 unspecified atom stereocenters. The summed E-state index contributed by atoms with van der Waals surface area (Å²) in [4.78, 5) is 22.4. The summed E-state index contributed by atoms with van der Waals surface area (Å²) in [6, 6.07) is 3.97. The molecule has 2 rings (SSSR count). The number of benzene rings is 1. The number of nitrogens with zero attached hydrogens (tertiary/aromatic N) is 3. The summed E-state index contributed by atoms with van der Waals surface area (Å²) >= 11 is 0. The molecule has 1 aromatic heterocycles. The second-order valence-corrected chi connectivity index (χ2v) is 3.95. The van der Waals surface area contributed by atoms with Crippen LogP contribution in [-0.2, 0) is 11.8 Å². The van der Waals surface area contributed by atoms with Crippen LogP contribution in [0.25, 0.3) is 11.0 Å². The lowest BCUT2D eigenvalue weighted by atomic mass is 10.1. The number of carbonyl (C=O) groups is 2. The van der Waals surface area contributed by atoms with Crippen LogP contribution in [0, 0.1) is 0 Å². The Hall–Kier alpha value is -2.44. The second-order valence-electron chi connectivity index (χ2n) is 3.95. The first kappa shape index (κ1) is 12.0. The number of rotatable bonds is 3. The van der Waals surface area contributed by atoms with E-state index in [0.717, 1.165) is 5.52 Å². The van der Waals surface area contributed by atoms with E-state index in [2.05, 4.69) is 15.6 Å². The quantitative estimate of drug-likeness (QED) is 0.807. The molecule has 0 saturated heterocycles. The highest BCUT2D eigenvalue weighted by atomic mass is 16.4. The number of carboxylic acids is 1. The van der Waals surface area contributed by atoms with Crippen LogP contribution in [0.15, 0.2) is 18.2 Å². The highest BCUT2D eigenvalue weighted by molar-refractivity contribution is 5.98. The Labute approximate surface area is 102 Å². The van der Waals surface area contributed by atoms with E-state index >= 15 is 0 Å². The zero-order valence-electron chi connectivity index (χ0n) is 9.91. The molecule has 0 radical (unpaired) electrons. The number of fused-ring (bicyclic) bond motifs is 1. The van der Waals surface area contributed by atoms with Crippen molar-refractivity contribution in [1.82, 2.24) is 20.3 Å². The number of hydrogen-bond donors (Lipinski definition) is 2. The van der Waals surface area contributed by atoms with Crippen LogP contribution in [0.4, 0.5) is 0 Å². The Bertz CT molecular complexity index is 620. The number of carboxylic acid groups (broad SMARTS) is 1. The average Bonchev–Trinajstić information content (AvgIpc) is 2.70. The normalized spacial score (nSPS) is 12.3. The zero-order chi connectivity index (χ0) is 13.3. The van der Waals surface area contributed by atoms with Gasteiger partial charge in [0.25, 0.3) is 5.91 Å². The monoisotopic (exact) mass is 248 g/mol. The van der Waals surface area contributed by atoms with Gasteiger partial charge < -0.3 is 10.4 Å². The van der Waals surface area contributed by atoms with Gasteiger partial charge in [-0.1, -0.05) is 5.21 Å². The molecule has 18 heavy (non-hydrogen) atoms. The molecule has 7 nitrogen and oxygen atoms in total. The average molecular weight is 248 g/mol. The lowest BCUT2D eigenvalue weighted by Gasteiger charge is -2.08. The van der Waals surface area contributed by atoms with Crippen molar-refractivity contribution >= 4 is 22.9 Å². The lowest BCUT2D eigenvalue weighted by molar-refractivity contribution is -0.138. The summed E-state index contributed by atoms with van der Waals surface area (Å²) in [6.45, 7) is 1.40. The van der Waals surface area contributed by atoms with Gasteiger partial charge in [-0.25, -0.2) is 4.68 Å². The smallest absolute Gasteiger partial charge is 0.325 e. The van der Waals surface area contributed by atoms with E-state index in [1.807, 2.05) is 0 Å². The molecule has 0 fully saturated rings.